The minimum atomic E-state index is -2.18. The monoisotopic (exact) mass is 801 g/mol. The van der Waals surface area contributed by atoms with Crippen molar-refractivity contribution in [3.8, 4) is 6.07 Å². The van der Waals surface area contributed by atoms with E-state index < -0.39 is 20.5 Å². The average molecular weight is 802 g/mol. The maximum absolute atomic E-state index is 13.9. The van der Waals surface area contributed by atoms with Gasteiger partial charge in [-0.15, -0.1) is 0 Å². The van der Waals surface area contributed by atoms with Crippen LogP contribution in [0.15, 0.2) is 36.7 Å². The summed E-state index contributed by atoms with van der Waals surface area (Å²) in [5, 5.41) is 13.5. The van der Waals surface area contributed by atoms with E-state index in [0.29, 0.717) is 31.0 Å². The Morgan fingerprint density at radius 3 is 2.23 bits per heavy atom. The van der Waals surface area contributed by atoms with Crippen LogP contribution in [-0.4, -0.2) is 64.7 Å². The number of nitriles is 1. The van der Waals surface area contributed by atoms with Gasteiger partial charge in [0.15, 0.2) is 5.82 Å². The fraction of sp³-hybridized carbons (Fsp3) is 0.698. The zero-order chi connectivity index (χ0) is 40.2. The molecule has 1 aliphatic heterocycles. The van der Waals surface area contributed by atoms with Crippen molar-refractivity contribution in [1.29, 1.82) is 5.26 Å². The van der Waals surface area contributed by atoms with Crippen LogP contribution in [0.2, 0.25) is 0 Å². The molecule has 0 bridgehead atoms. The fourth-order valence-corrected chi connectivity index (χ4v) is 7.57. The molecule has 3 heterocycles. The van der Waals surface area contributed by atoms with Gasteiger partial charge < -0.3 is 33.9 Å². The van der Waals surface area contributed by atoms with Crippen molar-refractivity contribution >= 4 is 19.9 Å². The number of fused-ring (bicyclic) bond motifs is 1. The fourth-order valence-electron chi connectivity index (χ4n) is 6.91. The number of hydrogen-bond acceptors (Lipinski definition) is 10. The number of aromatic nitrogens is 3. The average Bonchev–Trinajstić information content (AvgIpc) is 3.87. The molecule has 2 aromatic heterocycles. The summed E-state index contributed by atoms with van der Waals surface area (Å²) in [5.41, 5.74) is 8.54. The van der Waals surface area contributed by atoms with Crippen LogP contribution in [0.25, 0.3) is 5.52 Å². The number of nitrogens with zero attached hydrogens (tertiary/aromatic N) is 4. The number of benzene rings is 1. The van der Waals surface area contributed by atoms with Crippen LogP contribution >= 0.6 is 8.60 Å². The van der Waals surface area contributed by atoms with Gasteiger partial charge in [-0.1, -0.05) is 117 Å². The lowest BCUT2D eigenvalue weighted by molar-refractivity contribution is -0.0413. The molecule has 0 saturated carbocycles. The Morgan fingerprint density at radius 2 is 1.57 bits per heavy atom. The van der Waals surface area contributed by atoms with Crippen molar-refractivity contribution in [2.45, 2.75) is 161 Å². The lowest BCUT2D eigenvalue weighted by atomic mass is 10.0. The molecule has 4 unspecified atom stereocenters. The van der Waals surface area contributed by atoms with Gasteiger partial charge in [-0.05, 0) is 61.6 Å². The van der Waals surface area contributed by atoms with Gasteiger partial charge in [0.2, 0.25) is 0 Å². The van der Waals surface area contributed by atoms with Gasteiger partial charge in [0.25, 0.3) is 0 Å². The highest BCUT2D eigenvalue weighted by Gasteiger charge is 2.30. The van der Waals surface area contributed by atoms with Crippen LogP contribution in [0.1, 0.15) is 159 Å². The summed E-state index contributed by atoms with van der Waals surface area (Å²) in [6, 6.07) is 10.1. The van der Waals surface area contributed by atoms with Crippen LogP contribution in [0.3, 0.4) is 0 Å². The predicted molar refractivity (Wildman–Crippen MR) is 222 cm³/mol. The standard InChI is InChI=1S/C41H63FN5O6P.C2H6/c1-2-3-4-5-6-7-8-9-10-11-12-13-14-15-16-17-23-49-29-37(50-24-22-33-25-34(28-43)27-35(42)26-33)31-52-54(48)51-30-36-18-21-40(53-36)38-19-20-39-41(44)45-32-46-47(38)39;1-2/h19-20,25-27,32,36-37,40,48H,2-18,21-24,29-31H2,1H3,(H2,44,45,46);1-2H3. The summed E-state index contributed by atoms with van der Waals surface area (Å²) in [6.07, 6.45) is 23.6. The minimum absolute atomic E-state index is 0.0686. The number of ether oxygens (including phenoxy) is 3. The number of unbranched alkanes of at least 4 members (excludes halogenated alkanes) is 15. The van der Waals surface area contributed by atoms with Crippen molar-refractivity contribution in [1.82, 2.24) is 14.6 Å². The zero-order valence-corrected chi connectivity index (χ0v) is 35.2. The quantitative estimate of drug-likeness (QED) is 0.0493. The molecule has 1 aliphatic rings. The molecule has 3 aromatic rings. The summed E-state index contributed by atoms with van der Waals surface area (Å²) in [5.74, 6) is -0.0422. The molecule has 13 heteroatoms. The highest BCUT2D eigenvalue weighted by molar-refractivity contribution is 7.40. The van der Waals surface area contributed by atoms with Gasteiger partial charge in [-0.25, -0.2) is 13.9 Å². The third-order valence-electron chi connectivity index (χ3n) is 9.97. The van der Waals surface area contributed by atoms with E-state index in [2.05, 4.69) is 17.0 Å². The van der Waals surface area contributed by atoms with Gasteiger partial charge in [0, 0.05) is 6.61 Å². The molecule has 0 amide bonds. The molecule has 11 nitrogen and oxygen atoms in total. The Labute approximate surface area is 336 Å². The van der Waals surface area contributed by atoms with Gasteiger partial charge in [0.05, 0.1) is 49.9 Å². The van der Waals surface area contributed by atoms with E-state index in [1.54, 1.807) is 10.6 Å². The van der Waals surface area contributed by atoms with Gasteiger partial charge in [0.1, 0.15) is 29.9 Å². The van der Waals surface area contributed by atoms with Crippen molar-refractivity contribution in [3.63, 3.8) is 0 Å². The van der Waals surface area contributed by atoms with Gasteiger partial charge >= 0.3 is 8.60 Å². The van der Waals surface area contributed by atoms with Crippen molar-refractivity contribution in [3.05, 3.63) is 59.3 Å². The van der Waals surface area contributed by atoms with Crippen molar-refractivity contribution in [2.75, 3.05) is 38.8 Å². The molecule has 1 aromatic carbocycles. The molecule has 0 aliphatic carbocycles. The predicted octanol–water partition coefficient (Wildman–Crippen LogP) is 10.7. The second kappa shape index (κ2) is 29.5. The molecule has 4 rings (SSSR count). The lowest BCUT2D eigenvalue weighted by Crippen LogP contribution is -2.26. The Balaban J connectivity index is 0.00000414. The topological polar surface area (TPSA) is 146 Å². The first-order valence-corrected chi connectivity index (χ1v) is 22.5. The number of nitrogens with two attached hydrogens (primary N) is 1. The molecule has 1 fully saturated rings. The SMILES string of the molecule is CC.CCCCCCCCCCCCCCCCCCOCC(COP(O)OCC1CCC(c2ccc3c(N)ncnn23)O1)OCCc1cc(F)cc(C#N)c1. The highest BCUT2D eigenvalue weighted by Crippen LogP contribution is 2.38. The van der Waals surface area contributed by atoms with E-state index in [9.17, 15) is 14.5 Å². The molecule has 56 heavy (non-hydrogen) atoms. The number of hydrogen-bond donors (Lipinski definition) is 2. The number of anilines is 1. The Kier molecular flexibility index (Phi) is 25.1. The zero-order valence-electron chi connectivity index (χ0n) is 34.3. The maximum atomic E-state index is 13.9. The third-order valence-corrected chi connectivity index (χ3v) is 10.7. The second-order valence-electron chi connectivity index (χ2n) is 14.4. The minimum Gasteiger partial charge on any atom is -0.382 e. The van der Waals surface area contributed by atoms with E-state index >= 15 is 0 Å². The third kappa shape index (κ3) is 18.7. The maximum Gasteiger partial charge on any atom is 0.330 e. The summed E-state index contributed by atoms with van der Waals surface area (Å²) in [7, 11) is -2.18. The van der Waals surface area contributed by atoms with Gasteiger partial charge in [-0.3, -0.25) is 0 Å². The normalized spacial score (nSPS) is 16.4. The second-order valence-corrected chi connectivity index (χ2v) is 15.4. The van der Waals surface area contributed by atoms with Crippen molar-refractivity contribution < 1.29 is 32.5 Å². The first kappa shape index (κ1) is 47.6. The van der Waals surface area contributed by atoms with E-state index in [-0.39, 0.29) is 37.6 Å². The van der Waals surface area contributed by atoms with Gasteiger partial charge in [-0.2, -0.15) is 10.4 Å². The number of nitrogen functional groups attached to an aromatic ring is 1. The van der Waals surface area contributed by atoms with Crippen LogP contribution in [-0.2, 0) is 29.7 Å². The summed E-state index contributed by atoms with van der Waals surface area (Å²) in [6.45, 7) is 7.71. The Morgan fingerprint density at radius 1 is 0.911 bits per heavy atom. The van der Waals surface area contributed by atoms with E-state index in [0.717, 1.165) is 36.9 Å². The summed E-state index contributed by atoms with van der Waals surface area (Å²) < 4.78 is 45.2. The van der Waals surface area contributed by atoms with Crippen LogP contribution < -0.4 is 5.73 Å². The smallest absolute Gasteiger partial charge is 0.330 e. The van der Waals surface area contributed by atoms with E-state index in [1.807, 2.05) is 32.0 Å². The first-order chi connectivity index (χ1) is 27.5. The molecule has 0 spiro atoms. The van der Waals surface area contributed by atoms with Crippen LogP contribution in [0.5, 0.6) is 0 Å². The Hall–Kier alpha value is -2.75. The largest absolute Gasteiger partial charge is 0.382 e. The lowest BCUT2D eigenvalue weighted by Gasteiger charge is -2.20. The Bertz CT molecular complexity index is 1510. The molecule has 0 radical (unpaired) electrons. The molecular weight excluding hydrogens is 732 g/mol. The highest BCUT2D eigenvalue weighted by atomic mass is 31.2. The van der Waals surface area contributed by atoms with Crippen LogP contribution in [0, 0.1) is 17.1 Å². The van der Waals surface area contributed by atoms with Crippen molar-refractivity contribution in [2.24, 2.45) is 0 Å². The molecule has 314 valence electrons. The molecular formula is C43H69FN5O6P. The summed E-state index contributed by atoms with van der Waals surface area (Å²) in [4.78, 5) is 14.6. The number of rotatable bonds is 30. The molecule has 1 saturated heterocycles. The van der Waals surface area contributed by atoms with E-state index in [4.69, 9.17) is 29.0 Å². The molecule has 4 atom stereocenters. The first-order valence-electron chi connectivity index (χ1n) is 21.3. The van der Waals surface area contributed by atoms with Crippen LogP contribution in [0.4, 0.5) is 10.2 Å². The molecule has 3 N–H and O–H groups in total. The van der Waals surface area contributed by atoms with E-state index in [1.165, 1.54) is 108 Å². The summed E-state index contributed by atoms with van der Waals surface area (Å²) >= 11 is 0. The number of halogens is 1.